The van der Waals surface area contributed by atoms with Crippen LogP contribution >= 0.6 is 7.81 Å². The fraction of sp³-hybridized carbons (Fsp3) is 0.519. The molecular weight excluding hydrogens is 561 g/mol. The second kappa shape index (κ2) is 12.1. The van der Waals surface area contributed by atoms with Gasteiger partial charge >= 0.3 is 33.0 Å². The van der Waals surface area contributed by atoms with Crippen molar-refractivity contribution in [1.82, 2.24) is 0 Å². The van der Waals surface area contributed by atoms with Crippen molar-refractivity contribution < 1.29 is 49.4 Å². The zero-order valence-electron chi connectivity index (χ0n) is 22.7. The molecule has 2 fully saturated rings. The number of ether oxygens (including phenoxy) is 2. The predicted octanol–water partition coefficient (Wildman–Crippen LogP) is 7.14. The molecule has 13 heteroatoms. The first kappa shape index (κ1) is 32.0. The Morgan fingerprint density at radius 2 is 1.25 bits per heavy atom. The van der Waals surface area contributed by atoms with Gasteiger partial charge in [0.05, 0.1) is 45.2 Å². The minimum atomic E-state index is -10.7. The Morgan fingerprint density at radius 1 is 0.800 bits per heavy atom. The molecule has 2 saturated heterocycles. The summed E-state index contributed by atoms with van der Waals surface area (Å²) >= 11 is 0. The number of aliphatic hydroxyl groups is 2. The number of hydrogen-bond donors (Lipinski definition) is 2. The van der Waals surface area contributed by atoms with Gasteiger partial charge in [0, 0.05) is 31.6 Å². The zero-order chi connectivity index (χ0) is 29.6. The summed E-state index contributed by atoms with van der Waals surface area (Å²) < 4.78 is 73.1. The Hall–Kier alpha value is -2.56. The molecule has 0 radical (unpaired) electrons. The molecule has 1 aliphatic carbocycles. The summed E-state index contributed by atoms with van der Waals surface area (Å²) in [5, 5.41) is 20.4. The van der Waals surface area contributed by atoms with Gasteiger partial charge in [0.25, 0.3) is 0 Å². The molecule has 4 rings (SSSR count). The molecule has 40 heavy (non-hydrogen) atoms. The molecule has 226 valence electrons. The second-order valence-corrected chi connectivity index (χ2v) is 11.9. The van der Waals surface area contributed by atoms with Crippen molar-refractivity contribution in [2.75, 3.05) is 45.3 Å². The van der Waals surface area contributed by atoms with Crippen molar-refractivity contribution in [3.05, 3.63) is 58.1 Å². The quantitative estimate of drug-likeness (QED) is 0.207. The van der Waals surface area contributed by atoms with Crippen LogP contribution in [0, 0.1) is 0 Å². The molecule has 1 aromatic carbocycles. The summed E-state index contributed by atoms with van der Waals surface area (Å²) in [5.41, 5.74) is 5.40. The van der Waals surface area contributed by atoms with E-state index < -0.39 is 7.81 Å². The average Bonchev–Trinajstić information content (AvgIpc) is 2.92. The van der Waals surface area contributed by atoms with Gasteiger partial charge in [0.15, 0.2) is 0 Å². The molecule has 3 aliphatic rings. The van der Waals surface area contributed by atoms with Crippen LogP contribution in [0.4, 0.5) is 30.9 Å². The number of rotatable bonds is 6. The van der Waals surface area contributed by atoms with E-state index >= 15 is 0 Å². The van der Waals surface area contributed by atoms with Crippen LogP contribution in [-0.4, -0.2) is 60.9 Å². The molecule has 2 N–H and O–H groups in total. The van der Waals surface area contributed by atoms with Crippen LogP contribution in [0.5, 0.6) is 0 Å². The summed E-state index contributed by atoms with van der Waals surface area (Å²) in [6.07, 6.45) is 13.4. The average molecular weight is 599 g/mol. The molecule has 0 amide bonds. The van der Waals surface area contributed by atoms with Crippen molar-refractivity contribution in [2.24, 2.45) is 0 Å². The Balaban J connectivity index is 0.000000559. The van der Waals surface area contributed by atoms with E-state index in [4.69, 9.17) is 9.47 Å². The van der Waals surface area contributed by atoms with Gasteiger partial charge in [-0.3, -0.25) is 0 Å². The monoisotopic (exact) mass is 598 g/mol. The number of anilines is 1. The first-order valence-corrected chi connectivity index (χ1v) is 15.2. The third kappa shape index (κ3) is 9.82. The van der Waals surface area contributed by atoms with E-state index in [0.717, 1.165) is 71.4 Å². The van der Waals surface area contributed by atoms with Crippen LogP contribution in [0.15, 0.2) is 41.4 Å². The van der Waals surface area contributed by atoms with Crippen LogP contribution in [0.2, 0.25) is 0 Å². The van der Waals surface area contributed by atoms with Gasteiger partial charge < -0.3 is 24.6 Å². The number of aliphatic hydroxyl groups excluding tert-OH is 2. The summed E-state index contributed by atoms with van der Waals surface area (Å²) in [7, 11) is -7.31. The van der Waals surface area contributed by atoms with E-state index in [-0.39, 0.29) is 13.2 Å². The summed E-state index contributed by atoms with van der Waals surface area (Å²) in [5.74, 6) is 1.45. The van der Waals surface area contributed by atoms with Crippen LogP contribution < -0.4 is 4.90 Å². The zero-order valence-corrected chi connectivity index (χ0v) is 23.6. The van der Waals surface area contributed by atoms with Gasteiger partial charge in [-0.1, -0.05) is 0 Å². The first-order valence-electron chi connectivity index (χ1n) is 13.2. The van der Waals surface area contributed by atoms with E-state index in [9.17, 15) is 35.4 Å². The van der Waals surface area contributed by atoms with Crippen molar-refractivity contribution in [3.8, 4) is 0 Å². The van der Waals surface area contributed by atoms with Gasteiger partial charge in [0.2, 0.25) is 5.71 Å². The molecule has 6 nitrogen and oxygen atoms in total. The van der Waals surface area contributed by atoms with Crippen molar-refractivity contribution in [1.29, 1.82) is 0 Å². The topological polar surface area (TPSA) is 65.2 Å². The molecule has 0 unspecified atom stereocenters. The standard InChI is InChI=1S/C27H37N2O4.F6P/c1-32-26-15-23(29-11-7-4-8-12-29)16-27(33-2)25(26)17-24-20(18-30)13-22(14-21(24)19-31)28-9-5-3-6-10-28;1-7(2,3,4,5)6/h13-17,30-31H,3-12,18-19H2,1-2H3;/q+1;-1. The number of benzene rings is 1. The van der Waals surface area contributed by atoms with Gasteiger partial charge in [0.1, 0.15) is 24.6 Å². The maximum absolute atomic E-state index is 10.7. The first-order chi connectivity index (χ1) is 18.6. The number of methoxy groups -OCH3 is 2. The van der Waals surface area contributed by atoms with Crippen LogP contribution in [0.3, 0.4) is 0 Å². The summed E-state index contributed by atoms with van der Waals surface area (Å²) in [6, 6.07) is 4.11. The molecule has 0 saturated carbocycles. The molecule has 0 atom stereocenters. The Bertz CT molecular complexity index is 1130. The molecule has 0 aromatic heterocycles. The van der Waals surface area contributed by atoms with Gasteiger partial charge in [-0.2, -0.15) is 0 Å². The number of halogens is 6. The van der Waals surface area contributed by atoms with Crippen molar-refractivity contribution in [3.63, 3.8) is 0 Å². The number of allylic oxidation sites excluding steroid dienone is 2. The van der Waals surface area contributed by atoms with E-state index in [2.05, 4.69) is 33.8 Å². The molecule has 1 aromatic rings. The summed E-state index contributed by atoms with van der Waals surface area (Å²) in [6.45, 7) is 3.90. The molecule has 2 aliphatic heterocycles. The fourth-order valence-corrected chi connectivity index (χ4v) is 5.09. The normalized spacial score (nSPS) is 19.9. The minimum absolute atomic E-state index is 0.100. The van der Waals surface area contributed by atoms with Gasteiger partial charge in [-0.05, 0) is 60.6 Å². The summed E-state index contributed by atoms with van der Waals surface area (Å²) in [4.78, 5) is 2.35. The Kier molecular flexibility index (Phi) is 9.69. The van der Waals surface area contributed by atoms with E-state index in [0.29, 0.717) is 0 Å². The van der Waals surface area contributed by atoms with Crippen LogP contribution in [-0.2, 0) is 22.7 Å². The Labute approximate surface area is 230 Å². The molecule has 2 heterocycles. The third-order valence-electron chi connectivity index (χ3n) is 6.94. The third-order valence-corrected chi connectivity index (χ3v) is 6.94. The predicted molar refractivity (Wildman–Crippen MR) is 145 cm³/mol. The molecule has 0 spiro atoms. The Morgan fingerprint density at radius 3 is 1.68 bits per heavy atom. The van der Waals surface area contributed by atoms with Crippen molar-refractivity contribution in [2.45, 2.75) is 51.7 Å². The molecule has 0 bridgehead atoms. The number of hydrogen-bond acceptors (Lipinski definition) is 5. The maximum atomic E-state index is 10.2. The van der Waals surface area contributed by atoms with E-state index in [1.165, 1.54) is 38.5 Å². The van der Waals surface area contributed by atoms with Crippen LogP contribution in [0.1, 0.15) is 55.2 Å². The number of nitrogens with zero attached hydrogens (tertiary/aromatic N) is 2. The van der Waals surface area contributed by atoms with Crippen molar-refractivity contribution >= 4 is 25.3 Å². The second-order valence-electron chi connectivity index (χ2n) is 9.96. The van der Waals surface area contributed by atoms with Crippen LogP contribution in [0.25, 0.3) is 6.08 Å². The van der Waals surface area contributed by atoms with E-state index in [1.807, 2.05) is 6.08 Å². The molecular formula is C27H37F6N2O4P. The van der Waals surface area contributed by atoms with Gasteiger partial charge in [-0.15, -0.1) is 0 Å². The SMILES string of the molecule is COC1=CC(=[N+]2CCCCC2)C=C(OC)C1=Cc1c(CO)cc(N2CCCCC2)cc1CO.F[P-](F)(F)(F)(F)F. The number of piperidine rings is 2. The van der Waals surface area contributed by atoms with Gasteiger partial charge in [-0.25, -0.2) is 4.58 Å². The van der Waals surface area contributed by atoms with E-state index in [1.54, 1.807) is 14.2 Å². The fourth-order valence-electron chi connectivity index (χ4n) is 5.09.